The molecule has 2 aromatic carbocycles. The lowest BCUT2D eigenvalue weighted by Crippen LogP contribution is -2.40. The largest absolute Gasteiger partial charge is 0.497 e. The van der Waals surface area contributed by atoms with E-state index in [1.54, 1.807) is 39.3 Å². The van der Waals surface area contributed by atoms with Gasteiger partial charge >= 0.3 is 0 Å². The summed E-state index contributed by atoms with van der Waals surface area (Å²) in [6, 6.07) is 12.2. The number of fused-ring (bicyclic) bond motifs is 1. The summed E-state index contributed by atoms with van der Waals surface area (Å²) in [6.45, 7) is 2.41. The summed E-state index contributed by atoms with van der Waals surface area (Å²) >= 11 is 0. The molecule has 0 aliphatic carbocycles. The molecule has 2 aromatic rings. The van der Waals surface area contributed by atoms with E-state index in [2.05, 4.69) is 0 Å². The zero-order valence-electron chi connectivity index (χ0n) is 15.0. The van der Waals surface area contributed by atoms with Crippen molar-refractivity contribution in [2.24, 2.45) is 0 Å². The van der Waals surface area contributed by atoms with Crippen LogP contribution in [0.4, 0.5) is 0 Å². The van der Waals surface area contributed by atoms with E-state index in [0.717, 1.165) is 11.3 Å². The first kappa shape index (κ1) is 17.9. The summed E-state index contributed by atoms with van der Waals surface area (Å²) in [4.78, 5) is 26.3. The van der Waals surface area contributed by atoms with Gasteiger partial charge in [0.15, 0.2) is 0 Å². The van der Waals surface area contributed by atoms with Crippen LogP contribution in [0.3, 0.4) is 0 Å². The molecule has 1 heterocycles. The van der Waals surface area contributed by atoms with Gasteiger partial charge in [-0.3, -0.25) is 14.5 Å². The van der Waals surface area contributed by atoms with Crippen LogP contribution in [0.15, 0.2) is 42.5 Å². The van der Waals surface area contributed by atoms with E-state index < -0.39 is 0 Å². The Morgan fingerprint density at radius 1 is 0.962 bits per heavy atom. The van der Waals surface area contributed by atoms with Crippen LogP contribution in [-0.4, -0.2) is 43.6 Å². The van der Waals surface area contributed by atoms with Gasteiger partial charge in [0.2, 0.25) is 0 Å². The number of methoxy groups -OCH3 is 2. The van der Waals surface area contributed by atoms with Crippen LogP contribution in [0.2, 0.25) is 0 Å². The highest BCUT2D eigenvalue weighted by Crippen LogP contribution is 2.29. The Kier molecular flexibility index (Phi) is 5.23. The van der Waals surface area contributed by atoms with Crippen molar-refractivity contribution in [2.45, 2.75) is 19.6 Å². The smallest absolute Gasteiger partial charge is 0.262 e. The van der Waals surface area contributed by atoms with Crippen molar-refractivity contribution in [2.75, 3.05) is 20.8 Å². The third kappa shape index (κ3) is 3.41. The number of carbonyl (C=O) groups excluding carboxylic acids is 2. The molecule has 136 valence electrons. The molecule has 0 radical (unpaired) electrons. The van der Waals surface area contributed by atoms with Crippen LogP contribution < -0.4 is 9.47 Å². The van der Waals surface area contributed by atoms with Crippen LogP contribution >= 0.6 is 0 Å². The SMILES string of the molecule is COCC(C)N1C(=O)c2ccc(OCc3cccc(OC)c3)cc2C1=O. The van der Waals surface area contributed by atoms with Gasteiger partial charge in [0.1, 0.15) is 18.1 Å². The highest BCUT2D eigenvalue weighted by atomic mass is 16.5. The van der Waals surface area contributed by atoms with E-state index in [1.807, 2.05) is 24.3 Å². The van der Waals surface area contributed by atoms with Gasteiger partial charge in [-0.2, -0.15) is 0 Å². The fraction of sp³-hybridized carbons (Fsp3) is 0.300. The summed E-state index contributed by atoms with van der Waals surface area (Å²) in [5.41, 5.74) is 1.70. The van der Waals surface area contributed by atoms with Gasteiger partial charge < -0.3 is 14.2 Å². The van der Waals surface area contributed by atoms with Gasteiger partial charge in [-0.25, -0.2) is 0 Å². The van der Waals surface area contributed by atoms with Crippen LogP contribution in [-0.2, 0) is 11.3 Å². The van der Waals surface area contributed by atoms with Crippen LogP contribution in [0.25, 0.3) is 0 Å². The molecule has 0 fully saturated rings. The molecule has 0 bridgehead atoms. The molecule has 0 aromatic heterocycles. The molecular weight excluding hydrogens is 334 g/mol. The molecule has 6 heteroatoms. The second-order valence-electron chi connectivity index (χ2n) is 6.13. The summed E-state index contributed by atoms with van der Waals surface area (Å²) in [6.07, 6.45) is 0. The molecule has 1 aliphatic rings. The maximum atomic E-state index is 12.6. The zero-order chi connectivity index (χ0) is 18.7. The predicted molar refractivity (Wildman–Crippen MR) is 95.6 cm³/mol. The minimum Gasteiger partial charge on any atom is -0.497 e. The lowest BCUT2D eigenvalue weighted by atomic mass is 10.1. The molecule has 0 spiro atoms. The van der Waals surface area contributed by atoms with Crippen LogP contribution in [0.1, 0.15) is 33.2 Å². The van der Waals surface area contributed by atoms with E-state index >= 15 is 0 Å². The minimum atomic E-state index is -0.325. The first-order valence-electron chi connectivity index (χ1n) is 8.31. The minimum absolute atomic E-state index is 0.296. The summed E-state index contributed by atoms with van der Waals surface area (Å²) in [5.74, 6) is 0.674. The van der Waals surface area contributed by atoms with Gasteiger partial charge in [0, 0.05) is 7.11 Å². The maximum Gasteiger partial charge on any atom is 0.262 e. The molecule has 0 saturated carbocycles. The summed E-state index contributed by atoms with van der Waals surface area (Å²) in [7, 11) is 3.15. The molecule has 3 rings (SSSR count). The van der Waals surface area contributed by atoms with Crippen molar-refractivity contribution in [3.8, 4) is 11.5 Å². The number of rotatable bonds is 7. The highest BCUT2D eigenvalue weighted by molar-refractivity contribution is 6.21. The third-order valence-electron chi connectivity index (χ3n) is 4.28. The topological polar surface area (TPSA) is 65.1 Å². The van der Waals surface area contributed by atoms with E-state index in [1.165, 1.54) is 4.90 Å². The number of hydrogen-bond acceptors (Lipinski definition) is 5. The highest BCUT2D eigenvalue weighted by Gasteiger charge is 2.38. The quantitative estimate of drug-likeness (QED) is 0.715. The number of benzene rings is 2. The van der Waals surface area contributed by atoms with Gasteiger partial charge in [0.25, 0.3) is 11.8 Å². The number of hydrogen-bond donors (Lipinski definition) is 0. The fourth-order valence-electron chi connectivity index (χ4n) is 2.97. The zero-order valence-corrected chi connectivity index (χ0v) is 15.0. The lowest BCUT2D eigenvalue weighted by molar-refractivity contribution is 0.0497. The Balaban J connectivity index is 1.76. The third-order valence-corrected chi connectivity index (χ3v) is 4.28. The molecule has 1 aliphatic heterocycles. The monoisotopic (exact) mass is 355 g/mol. The van der Waals surface area contributed by atoms with E-state index in [9.17, 15) is 9.59 Å². The van der Waals surface area contributed by atoms with Crippen molar-refractivity contribution in [1.29, 1.82) is 0 Å². The fourth-order valence-corrected chi connectivity index (χ4v) is 2.97. The standard InChI is InChI=1S/C20H21NO5/c1-13(11-24-2)21-19(22)17-8-7-16(10-18(17)20(21)23)26-12-14-5-4-6-15(9-14)25-3/h4-10,13H,11-12H2,1-3H3. The van der Waals surface area contributed by atoms with Gasteiger partial charge in [-0.15, -0.1) is 0 Å². The number of imide groups is 1. The molecule has 26 heavy (non-hydrogen) atoms. The number of amides is 2. The number of nitrogens with zero attached hydrogens (tertiary/aromatic N) is 1. The molecule has 0 N–H and O–H groups in total. The number of ether oxygens (including phenoxy) is 3. The Labute approximate surface area is 152 Å². The van der Waals surface area contributed by atoms with Gasteiger partial charge in [-0.05, 0) is 42.8 Å². The first-order chi connectivity index (χ1) is 12.5. The average molecular weight is 355 g/mol. The number of carbonyl (C=O) groups is 2. The Hall–Kier alpha value is -2.86. The Morgan fingerprint density at radius 2 is 1.73 bits per heavy atom. The molecule has 6 nitrogen and oxygen atoms in total. The normalized spacial score (nSPS) is 14.3. The molecule has 2 amide bonds. The summed E-state index contributed by atoms with van der Waals surface area (Å²) < 4.78 is 16.0. The van der Waals surface area contributed by atoms with E-state index in [4.69, 9.17) is 14.2 Å². The van der Waals surface area contributed by atoms with Gasteiger partial charge in [-0.1, -0.05) is 12.1 Å². The van der Waals surface area contributed by atoms with Crippen molar-refractivity contribution in [3.63, 3.8) is 0 Å². The van der Waals surface area contributed by atoms with Crippen LogP contribution in [0.5, 0.6) is 11.5 Å². The molecular formula is C20H21NO5. The molecule has 1 atom stereocenters. The molecule has 0 saturated heterocycles. The second kappa shape index (κ2) is 7.58. The first-order valence-corrected chi connectivity index (χ1v) is 8.31. The van der Waals surface area contributed by atoms with Gasteiger partial charge in [0.05, 0.1) is 30.9 Å². The lowest BCUT2D eigenvalue weighted by Gasteiger charge is -2.21. The van der Waals surface area contributed by atoms with Crippen molar-refractivity contribution in [3.05, 3.63) is 59.2 Å². The second-order valence-corrected chi connectivity index (χ2v) is 6.13. The summed E-state index contributed by atoms with van der Waals surface area (Å²) in [5, 5.41) is 0. The predicted octanol–water partition coefficient (Wildman–Crippen LogP) is 2.91. The Morgan fingerprint density at radius 3 is 2.46 bits per heavy atom. The molecule has 1 unspecified atom stereocenters. The van der Waals surface area contributed by atoms with Crippen molar-refractivity contribution >= 4 is 11.8 Å². The van der Waals surface area contributed by atoms with Crippen molar-refractivity contribution in [1.82, 2.24) is 4.90 Å². The van der Waals surface area contributed by atoms with E-state index in [0.29, 0.717) is 30.1 Å². The Bertz CT molecular complexity index is 833. The maximum absolute atomic E-state index is 12.6. The van der Waals surface area contributed by atoms with Crippen molar-refractivity contribution < 1.29 is 23.8 Å². The van der Waals surface area contributed by atoms with E-state index in [-0.39, 0.29) is 17.9 Å². The van der Waals surface area contributed by atoms with Crippen LogP contribution in [0, 0.1) is 0 Å². The average Bonchev–Trinajstić information content (AvgIpc) is 2.90.